The maximum absolute atomic E-state index is 10.3. The van der Waals surface area contributed by atoms with E-state index in [1.807, 2.05) is 0 Å². The van der Waals surface area contributed by atoms with Crippen LogP contribution in [-0.4, -0.2) is 11.0 Å². The van der Waals surface area contributed by atoms with Gasteiger partial charge in [-0.1, -0.05) is 13.3 Å². The van der Waals surface area contributed by atoms with E-state index in [1.165, 1.54) is 6.42 Å². The van der Waals surface area contributed by atoms with E-state index in [0.717, 1.165) is 19.3 Å². The van der Waals surface area contributed by atoms with Gasteiger partial charge in [0.1, 0.15) is 0 Å². The van der Waals surface area contributed by atoms with Crippen LogP contribution in [0.15, 0.2) is 0 Å². The Morgan fingerprint density at radius 3 is 2.60 bits per heavy atom. The van der Waals surface area contributed by atoms with Gasteiger partial charge in [-0.25, -0.2) is 0 Å². The van der Waals surface area contributed by atoms with Crippen molar-refractivity contribution in [3.63, 3.8) is 0 Å². The Balaban J connectivity index is 2.39. The van der Waals surface area contributed by atoms with Crippen LogP contribution in [-0.2, 0) is 0 Å². The van der Waals surface area contributed by atoms with Crippen molar-refractivity contribution in [1.29, 1.82) is 0 Å². The largest absolute Gasteiger partial charge is 0.264 e. The Morgan fingerprint density at radius 1 is 1.50 bits per heavy atom. The van der Waals surface area contributed by atoms with E-state index in [-0.39, 0.29) is 11.0 Å². The highest BCUT2D eigenvalue weighted by molar-refractivity contribution is 4.69. The molecule has 1 aliphatic rings. The lowest BCUT2D eigenvalue weighted by Gasteiger charge is -2.20. The summed E-state index contributed by atoms with van der Waals surface area (Å²) < 4.78 is 0. The van der Waals surface area contributed by atoms with E-state index < -0.39 is 0 Å². The molecule has 0 N–H and O–H groups in total. The van der Waals surface area contributed by atoms with Crippen LogP contribution in [0.4, 0.5) is 0 Å². The van der Waals surface area contributed by atoms with E-state index in [4.69, 9.17) is 0 Å². The van der Waals surface area contributed by atoms with Gasteiger partial charge in [0, 0.05) is 17.8 Å². The third-order valence-corrected chi connectivity index (χ3v) is 2.21. The molecular formula is C7H13NO2. The average Bonchev–Trinajstić information content (AvgIpc) is 1.88. The molecule has 0 aromatic carbocycles. The lowest BCUT2D eigenvalue weighted by molar-refractivity contribution is -0.527. The van der Waals surface area contributed by atoms with Gasteiger partial charge in [-0.05, 0) is 12.3 Å². The molecular weight excluding hydrogens is 130 g/mol. The van der Waals surface area contributed by atoms with E-state index in [1.54, 1.807) is 0 Å². The first-order valence-electron chi connectivity index (χ1n) is 3.83. The van der Waals surface area contributed by atoms with Gasteiger partial charge in [0.05, 0.1) is 0 Å². The average molecular weight is 143 g/mol. The zero-order valence-corrected chi connectivity index (χ0v) is 6.25. The molecule has 1 unspecified atom stereocenters. The zero-order valence-electron chi connectivity index (χ0n) is 6.25. The van der Waals surface area contributed by atoms with Crippen LogP contribution in [0.25, 0.3) is 0 Å². The quantitative estimate of drug-likeness (QED) is 0.415. The number of hydrogen-bond acceptors (Lipinski definition) is 2. The molecule has 2 atom stereocenters. The molecule has 0 radical (unpaired) electrons. The van der Waals surface area contributed by atoms with Crippen molar-refractivity contribution >= 4 is 0 Å². The first kappa shape index (κ1) is 7.51. The van der Waals surface area contributed by atoms with Crippen LogP contribution in [0.2, 0.25) is 0 Å². The summed E-state index contributed by atoms with van der Waals surface area (Å²) in [5.41, 5.74) is 0. The lowest BCUT2D eigenvalue weighted by atomic mass is 9.87. The molecule has 10 heavy (non-hydrogen) atoms. The maximum atomic E-state index is 10.3. The Morgan fingerprint density at radius 2 is 2.20 bits per heavy atom. The number of nitrogens with zero attached hydrogens (tertiary/aromatic N) is 1. The zero-order chi connectivity index (χ0) is 7.56. The summed E-state index contributed by atoms with van der Waals surface area (Å²) in [6.07, 6.45) is 3.78. The summed E-state index contributed by atoms with van der Waals surface area (Å²) in [7, 11) is 0. The van der Waals surface area contributed by atoms with Crippen molar-refractivity contribution in [2.45, 2.75) is 38.6 Å². The molecule has 0 aromatic rings. The topological polar surface area (TPSA) is 43.1 Å². The molecule has 0 saturated heterocycles. The normalized spacial score (nSPS) is 33.7. The monoisotopic (exact) mass is 143 g/mol. The van der Waals surface area contributed by atoms with Gasteiger partial charge in [-0.2, -0.15) is 0 Å². The van der Waals surface area contributed by atoms with Crippen molar-refractivity contribution in [3.05, 3.63) is 10.1 Å². The van der Waals surface area contributed by atoms with E-state index >= 15 is 0 Å². The van der Waals surface area contributed by atoms with Gasteiger partial charge in [0.2, 0.25) is 6.04 Å². The van der Waals surface area contributed by atoms with Gasteiger partial charge in [0.15, 0.2) is 0 Å². The SMILES string of the molecule is CC1CCC[C@@H]([N+](=O)[O-])C1. The van der Waals surface area contributed by atoms with Crippen molar-refractivity contribution < 1.29 is 4.92 Å². The number of nitro groups is 1. The summed E-state index contributed by atoms with van der Waals surface area (Å²) in [6.45, 7) is 2.09. The summed E-state index contributed by atoms with van der Waals surface area (Å²) in [5.74, 6) is 0.559. The van der Waals surface area contributed by atoms with Crippen molar-refractivity contribution in [2.24, 2.45) is 5.92 Å². The van der Waals surface area contributed by atoms with Crippen LogP contribution in [0, 0.1) is 16.0 Å². The van der Waals surface area contributed by atoms with Gasteiger partial charge in [-0.15, -0.1) is 0 Å². The fraction of sp³-hybridized carbons (Fsp3) is 1.00. The first-order chi connectivity index (χ1) is 4.70. The van der Waals surface area contributed by atoms with Crippen LogP contribution in [0.3, 0.4) is 0 Å². The van der Waals surface area contributed by atoms with Crippen molar-refractivity contribution in [2.75, 3.05) is 0 Å². The second-order valence-electron chi connectivity index (χ2n) is 3.21. The molecule has 0 bridgehead atoms. The summed E-state index contributed by atoms with van der Waals surface area (Å²) in [4.78, 5) is 10.2. The van der Waals surface area contributed by atoms with Crippen LogP contribution in [0.5, 0.6) is 0 Å². The standard InChI is InChI=1S/C7H13NO2/c1-6-3-2-4-7(5-6)8(9)10/h6-7H,2-5H2,1H3/t6?,7-/m1/s1. The maximum Gasteiger partial charge on any atom is 0.213 e. The van der Waals surface area contributed by atoms with Gasteiger partial charge < -0.3 is 0 Å². The minimum absolute atomic E-state index is 0.129. The molecule has 1 fully saturated rings. The summed E-state index contributed by atoms with van der Waals surface area (Å²) in [5, 5.41) is 10.3. The van der Waals surface area contributed by atoms with Crippen LogP contribution >= 0.6 is 0 Å². The Kier molecular flexibility index (Phi) is 2.25. The predicted molar refractivity (Wildman–Crippen MR) is 38.4 cm³/mol. The molecule has 1 saturated carbocycles. The highest BCUT2D eigenvalue weighted by Crippen LogP contribution is 2.24. The molecule has 3 heteroatoms. The lowest BCUT2D eigenvalue weighted by Crippen LogP contribution is -2.25. The summed E-state index contributed by atoms with van der Waals surface area (Å²) >= 11 is 0. The number of hydrogen-bond donors (Lipinski definition) is 0. The van der Waals surface area contributed by atoms with Crippen molar-refractivity contribution in [3.8, 4) is 0 Å². The second-order valence-corrected chi connectivity index (χ2v) is 3.21. The van der Waals surface area contributed by atoms with Gasteiger partial charge in [-0.3, -0.25) is 10.1 Å². The molecule has 0 spiro atoms. The molecule has 1 rings (SSSR count). The minimum Gasteiger partial charge on any atom is -0.264 e. The molecule has 58 valence electrons. The Hall–Kier alpha value is -0.600. The third kappa shape index (κ3) is 1.69. The third-order valence-electron chi connectivity index (χ3n) is 2.21. The summed E-state index contributed by atoms with van der Waals surface area (Å²) in [6, 6.07) is -0.247. The van der Waals surface area contributed by atoms with E-state index in [0.29, 0.717) is 5.92 Å². The number of rotatable bonds is 1. The molecule has 3 nitrogen and oxygen atoms in total. The van der Waals surface area contributed by atoms with Crippen molar-refractivity contribution in [1.82, 2.24) is 0 Å². The fourth-order valence-electron chi connectivity index (χ4n) is 1.59. The van der Waals surface area contributed by atoms with Crippen LogP contribution in [0.1, 0.15) is 32.6 Å². The van der Waals surface area contributed by atoms with E-state index in [9.17, 15) is 10.1 Å². The Labute approximate surface area is 60.6 Å². The molecule has 0 amide bonds. The second kappa shape index (κ2) is 2.99. The van der Waals surface area contributed by atoms with E-state index in [2.05, 4.69) is 6.92 Å². The highest BCUT2D eigenvalue weighted by atomic mass is 16.6. The molecule has 0 heterocycles. The molecule has 1 aliphatic carbocycles. The smallest absolute Gasteiger partial charge is 0.213 e. The fourth-order valence-corrected chi connectivity index (χ4v) is 1.59. The minimum atomic E-state index is -0.247. The molecule has 0 aliphatic heterocycles. The van der Waals surface area contributed by atoms with Gasteiger partial charge >= 0.3 is 0 Å². The van der Waals surface area contributed by atoms with Crippen LogP contribution < -0.4 is 0 Å². The molecule has 0 aromatic heterocycles. The highest BCUT2D eigenvalue weighted by Gasteiger charge is 2.26. The Bertz CT molecular complexity index is 136. The first-order valence-corrected chi connectivity index (χ1v) is 3.83. The predicted octanol–water partition coefficient (Wildman–Crippen LogP) is 1.84. The van der Waals surface area contributed by atoms with Gasteiger partial charge in [0.25, 0.3) is 0 Å².